The molecule has 1 saturated heterocycles. The van der Waals surface area contributed by atoms with Crippen molar-refractivity contribution in [3.05, 3.63) is 23.8 Å². The molecule has 0 aromatic heterocycles. The van der Waals surface area contributed by atoms with E-state index in [9.17, 15) is 5.11 Å². The lowest BCUT2D eigenvalue weighted by molar-refractivity contribution is 0.0339. The van der Waals surface area contributed by atoms with E-state index in [1.165, 1.54) is 0 Å². The van der Waals surface area contributed by atoms with Crippen molar-refractivity contribution in [2.24, 2.45) is 0 Å². The van der Waals surface area contributed by atoms with E-state index < -0.39 is 0 Å². The first-order valence-electron chi connectivity index (χ1n) is 7.53. The minimum atomic E-state index is 0.176. The Hall–Kier alpha value is -1.30. The summed E-state index contributed by atoms with van der Waals surface area (Å²) in [6.07, 6.45) is 0. The summed E-state index contributed by atoms with van der Waals surface area (Å²) in [6.45, 7) is 9.02. The smallest absolute Gasteiger partial charge is 0.160 e. The highest BCUT2D eigenvalue weighted by Gasteiger charge is 2.16. The van der Waals surface area contributed by atoms with Crippen molar-refractivity contribution in [1.29, 1.82) is 0 Å². The maximum Gasteiger partial charge on any atom is 0.160 e. The minimum Gasteiger partial charge on any atom is -0.504 e. The predicted molar refractivity (Wildman–Crippen MR) is 82.9 cm³/mol. The molecule has 5 nitrogen and oxygen atoms in total. The van der Waals surface area contributed by atoms with Gasteiger partial charge in [-0.15, -0.1) is 0 Å². The molecule has 0 spiro atoms. The summed E-state index contributed by atoms with van der Waals surface area (Å²) in [5.74, 6) is 0.691. The fraction of sp³-hybridized carbons (Fsp3) is 0.625. The number of morpholine rings is 1. The van der Waals surface area contributed by atoms with Crippen LogP contribution in [0.25, 0.3) is 0 Å². The van der Waals surface area contributed by atoms with Gasteiger partial charge in [0.15, 0.2) is 11.5 Å². The number of methoxy groups -OCH3 is 1. The van der Waals surface area contributed by atoms with Crippen LogP contribution in [-0.2, 0) is 4.74 Å². The van der Waals surface area contributed by atoms with Gasteiger partial charge in [0.2, 0.25) is 0 Å². The topological polar surface area (TPSA) is 54.0 Å². The Balaban J connectivity index is 1.89. The van der Waals surface area contributed by atoms with Gasteiger partial charge in [0.1, 0.15) is 0 Å². The first kappa shape index (κ1) is 16.1. The first-order valence-corrected chi connectivity index (χ1v) is 7.53. The lowest BCUT2D eigenvalue weighted by Crippen LogP contribution is -2.44. The van der Waals surface area contributed by atoms with Crippen LogP contribution in [0.3, 0.4) is 0 Å². The Morgan fingerprint density at radius 1 is 1.33 bits per heavy atom. The average Bonchev–Trinajstić information content (AvgIpc) is 2.48. The first-order chi connectivity index (χ1) is 10.1. The second-order valence-corrected chi connectivity index (χ2v) is 5.63. The van der Waals surface area contributed by atoms with Crippen LogP contribution in [0.1, 0.15) is 25.5 Å². The Labute approximate surface area is 126 Å². The molecule has 2 N–H and O–H groups in total. The largest absolute Gasteiger partial charge is 0.504 e. The van der Waals surface area contributed by atoms with Gasteiger partial charge in [0.25, 0.3) is 0 Å². The van der Waals surface area contributed by atoms with Gasteiger partial charge in [-0.05, 0) is 31.5 Å². The van der Waals surface area contributed by atoms with Crippen molar-refractivity contribution in [2.75, 3.05) is 40.0 Å². The van der Waals surface area contributed by atoms with Gasteiger partial charge in [0.05, 0.1) is 20.3 Å². The molecule has 2 unspecified atom stereocenters. The van der Waals surface area contributed by atoms with Crippen molar-refractivity contribution in [3.8, 4) is 11.5 Å². The molecule has 0 saturated carbocycles. The molecule has 118 valence electrons. The monoisotopic (exact) mass is 294 g/mol. The summed E-state index contributed by atoms with van der Waals surface area (Å²) in [5.41, 5.74) is 1.11. The molecule has 1 aliphatic rings. The van der Waals surface area contributed by atoms with E-state index in [-0.39, 0.29) is 11.8 Å². The van der Waals surface area contributed by atoms with E-state index in [0.29, 0.717) is 11.8 Å². The zero-order chi connectivity index (χ0) is 15.2. The highest BCUT2D eigenvalue weighted by atomic mass is 16.5. The molecule has 21 heavy (non-hydrogen) atoms. The van der Waals surface area contributed by atoms with Gasteiger partial charge < -0.3 is 19.9 Å². The van der Waals surface area contributed by atoms with Gasteiger partial charge in [0, 0.05) is 31.7 Å². The summed E-state index contributed by atoms with van der Waals surface area (Å²) in [6, 6.07) is 6.08. The molecule has 1 aromatic rings. The molecule has 1 aromatic carbocycles. The van der Waals surface area contributed by atoms with Gasteiger partial charge in [-0.25, -0.2) is 0 Å². The summed E-state index contributed by atoms with van der Waals surface area (Å²) in [4.78, 5) is 2.42. The Kier molecular flexibility index (Phi) is 5.85. The van der Waals surface area contributed by atoms with Gasteiger partial charge in [-0.1, -0.05) is 6.07 Å². The number of benzene rings is 1. The van der Waals surface area contributed by atoms with Crippen LogP contribution in [0.4, 0.5) is 0 Å². The van der Waals surface area contributed by atoms with Crippen molar-refractivity contribution in [2.45, 2.75) is 25.9 Å². The number of nitrogens with one attached hydrogen (secondary N) is 1. The average molecular weight is 294 g/mol. The lowest BCUT2D eigenvalue weighted by atomic mass is 10.1. The van der Waals surface area contributed by atoms with E-state index in [2.05, 4.69) is 24.1 Å². The predicted octanol–water partition coefficient (Wildman–Crippen LogP) is 1.77. The van der Waals surface area contributed by atoms with Gasteiger partial charge in [-0.3, -0.25) is 4.90 Å². The number of nitrogens with zero attached hydrogens (tertiary/aromatic N) is 1. The quantitative estimate of drug-likeness (QED) is 0.837. The lowest BCUT2D eigenvalue weighted by Gasteiger charge is -2.30. The highest BCUT2D eigenvalue weighted by Crippen LogP contribution is 2.28. The van der Waals surface area contributed by atoms with Crippen LogP contribution in [0, 0.1) is 0 Å². The third-order valence-corrected chi connectivity index (χ3v) is 3.87. The molecule has 0 aliphatic carbocycles. The zero-order valence-electron chi connectivity index (χ0n) is 13.1. The summed E-state index contributed by atoms with van der Waals surface area (Å²) < 4.78 is 10.5. The van der Waals surface area contributed by atoms with E-state index >= 15 is 0 Å². The molecular weight excluding hydrogens is 268 g/mol. The van der Waals surface area contributed by atoms with E-state index in [4.69, 9.17) is 9.47 Å². The van der Waals surface area contributed by atoms with Gasteiger partial charge >= 0.3 is 0 Å². The number of rotatable bonds is 6. The summed E-state index contributed by atoms with van der Waals surface area (Å²) in [7, 11) is 1.57. The Bertz CT molecular complexity index is 447. The second kappa shape index (κ2) is 7.64. The third-order valence-electron chi connectivity index (χ3n) is 3.87. The summed E-state index contributed by atoms with van der Waals surface area (Å²) >= 11 is 0. The van der Waals surface area contributed by atoms with Crippen LogP contribution in [-0.4, -0.2) is 56.0 Å². The number of ether oxygens (including phenoxy) is 2. The molecular formula is C16H26N2O3. The van der Waals surface area contributed by atoms with Crippen molar-refractivity contribution in [1.82, 2.24) is 10.2 Å². The van der Waals surface area contributed by atoms with Crippen LogP contribution in [0.2, 0.25) is 0 Å². The molecule has 0 radical (unpaired) electrons. The maximum atomic E-state index is 9.65. The molecule has 0 amide bonds. The normalized spacial score (nSPS) is 19.2. The fourth-order valence-corrected chi connectivity index (χ4v) is 2.71. The molecule has 1 aliphatic heterocycles. The number of hydrogen-bond donors (Lipinski definition) is 2. The minimum absolute atomic E-state index is 0.176. The zero-order valence-corrected chi connectivity index (χ0v) is 13.1. The number of phenols is 1. The standard InChI is InChI=1S/C16H26N2O3/c1-12(11-18-6-8-21-9-7-18)17-13(2)14-4-5-15(19)16(10-14)20-3/h4-5,10,12-13,17,19H,6-9,11H2,1-3H3. The van der Waals surface area contributed by atoms with Crippen LogP contribution >= 0.6 is 0 Å². The highest BCUT2D eigenvalue weighted by molar-refractivity contribution is 5.42. The van der Waals surface area contributed by atoms with Crippen molar-refractivity contribution in [3.63, 3.8) is 0 Å². The van der Waals surface area contributed by atoms with Crippen LogP contribution in [0.5, 0.6) is 11.5 Å². The maximum absolute atomic E-state index is 9.65. The SMILES string of the molecule is COc1cc(C(C)NC(C)CN2CCOCC2)ccc1O. The molecule has 0 bridgehead atoms. The number of hydrogen-bond acceptors (Lipinski definition) is 5. The van der Waals surface area contributed by atoms with Crippen molar-refractivity contribution >= 4 is 0 Å². The molecule has 2 atom stereocenters. The molecule has 2 rings (SSSR count). The number of phenolic OH excluding ortho intramolecular Hbond substituents is 1. The Morgan fingerprint density at radius 3 is 2.71 bits per heavy atom. The molecule has 1 fully saturated rings. The van der Waals surface area contributed by atoms with E-state index in [0.717, 1.165) is 38.4 Å². The van der Waals surface area contributed by atoms with E-state index in [1.54, 1.807) is 13.2 Å². The summed E-state index contributed by atoms with van der Waals surface area (Å²) in [5, 5.41) is 13.2. The molecule has 1 heterocycles. The van der Waals surface area contributed by atoms with E-state index in [1.807, 2.05) is 12.1 Å². The fourth-order valence-electron chi connectivity index (χ4n) is 2.71. The third kappa shape index (κ3) is 4.59. The van der Waals surface area contributed by atoms with Crippen molar-refractivity contribution < 1.29 is 14.6 Å². The van der Waals surface area contributed by atoms with Crippen LogP contribution < -0.4 is 10.1 Å². The number of aromatic hydroxyl groups is 1. The molecule has 5 heteroatoms. The van der Waals surface area contributed by atoms with Gasteiger partial charge in [-0.2, -0.15) is 0 Å². The second-order valence-electron chi connectivity index (χ2n) is 5.63. The van der Waals surface area contributed by atoms with Crippen LogP contribution in [0.15, 0.2) is 18.2 Å². The Morgan fingerprint density at radius 2 is 2.05 bits per heavy atom.